The molecule has 4 nitrogen and oxygen atoms in total. The van der Waals surface area contributed by atoms with Gasteiger partial charge in [-0.25, -0.2) is 0 Å². The molecule has 3 aromatic rings. The molecule has 0 saturated heterocycles. The summed E-state index contributed by atoms with van der Waals surface area (Å²) in [6.45, 7) is 2.07. The van der Waals surface area contributed by atoms with Crippen LogP contribution in [0.5, 0.6) is 0 Å². The molecule has 0 N–H and O–H groups in total. The standard InChI is InChI=1S/C15H13N3OS.ClH/c1-2-20-14-10-6-3-7-11(14)15(19)18-13-9-5-4-8-12(13)16-17-18;/h3-10H,2H2,1H3;1H. The Morgan fingerprint density at radius 3 is 2.67 bits per heavy atom. The molecule has 1 heterocycles. The minimum atomic E-state index is -0.143. The number of fused-ring (bicyclic) bond motifs is 1. The minimum absolute atomic E-state index is 0. The zero-order chi connectivity index (χ0) is 13.9. The molecule has 2 aromatic carbocycles. The van der Waals surface area contributed by atoms with Gasteiger partial charge in [0.2, 0.25) is 0 Å². The van der Waals surface area contributed by atoms with E-state index in [4.69, 9.17) is 0 Å². The maximum atomic E-state index is 12.7. The van der Waals surface area contributed by atoms with Crippen LogP contribution in [0.2, 0.25) is 0 Å². The first-order valence-electron chi connectivity index (χ1n) is 6.38. The van der Waals surface area contributed by atoms with Crippen LogP contribution in [-0.2, 0) is 0 Å². The van der Waals surface area contributed by atoms with Crippen molar-refractivity contribution in [3.63, 3.8) is 0 Å². The van der Waals surface area contributed by atoms with Gasteiger partial charge in [-0.15, -0.1) is 29.3 Å². The Morgan fingerprint density at radius 2 is 1.86 bits per heavy atom. The lowest BCUT2D eigenvalue weighted by Gasteiger charge is -2.07. The van der Waals surface area contributed by atoms with Crippen LogP contribution in [0.25, 0.3) is 11.0 Å². The first-order valence-corrected chi connectivity index (χ1v) is 7.37. The number of thioether (sulfide) groups is 1. The molecule has 0 aliphatic carbocycles. The summed E-state index contributed by atoms with van der Waals surface area (Å²) in [5.41, 5.74) is 2.12. The second-order valence-electron chi connectivity index (χ2n) is 4.22. The average molecular weight is 320 g/mol. The van der Waals surface area contributed by atoms with E-state index in [9.17, 15) is 4.79 Å². The molecule has 0 spiro atoms. The molecule has 0 atom stereocenters. The van der Waals surface area contributed by atoms with Crippen molar-refractivity contribution in [3.05, 3.63) is 54.1 Å². The zero-order valence-electron chi connectivity index (χ0n) is 11.4. The number of nitrogens with zero attached hydrogens (tertiary/aromatic N) is 3. The summed E-state index contributed by atoms with van der Waals surface area (Å²) in [5, 5.41) is 8.01. The summed E-state index contributed by atoms with van der Waals surface area (Å²) in [6, 6.07) is 15.0. The van der Waals surface area contributed by atoms with Crippen LogP contribution in [0.3, 0.4) is 0 Å². The molecule has 0 aliphatic rings. The molecule has 0 saturated carbocycles. The highest BCUT2D eigenvalue weighted by Crippen LogP contribution is 2.23. The number of carbonyl (C=O) groups excluding carboxylic acids is 1. The number of halogens is 1. The fourth-order valence-corrected chi connectivity index (χ4v) is 2.85. The Balaban J connectivity index is 0.00000161. The molecular formula is C15H14ClN3OS. The van der Waals surface area contributed by atoms with Crippen molar-refractivity contribution in [2.24, 2.45) is 0 Å². The summed E-state index contributed by atoms with van der Waals surface area (Å²) < 4.78 is 1.37. The molecule has 0 amide bonds. The van der Waals surface area contributed by atoms with E-state index >= 15 is 0 Å². The maximum Gasteiger partial charge on any atom is 0.281 e. The first-order chi connectivity index (χ1) is 9.81. The van der Waals surface area contributed by atoms with Crippen LogP contribution < -0.4 is 0 Å². The van der Waals surface area contributed by atoms with Crippen molar-refractivity contribution < 1.29 is 4.79 Å². The number of para-hydroxylation sites is 1. The predicted molar refractivity (Wildman–Crippen MR) is 87.3 cm³/mol. The topological polar surface area (TPSA) is 47.8 Å². The first kappa shape index (κ1) is 15.5. The van der Waals surface area contributed by atoms with Gasteiger partial charge in [-0.2, -0.15) is 4.68 Å². The van der Waals surface area contributed by atoms with Crippen molar-refractivity contribution in [2.45, 2.75) is 11.8 Å². The van der Waals surface area contributed by atoms with E-state index in [0.717, 1.165) is 21.7 Å². The molecule has 21 heavy (non-hydrogen) atoms. The second-order valence-corrected chi connectivity index (χ2v) is 5.53. The van der Waals surface area contributed by atoms with Gasteiger partial charge in [0.05, 0.1) is 11.1 Å². The molecule has 6 heteroatoms. The summed E-state index contributed by atoms with van der Waals surface area (Å²) in [7, 11) is 0. The van der Waals surface area contributed by atoms with Crippen molar-refractivity contribution in [2.75, 3.05) is 5.75 Å². The Kier molecular flexibility index (Phi) is 4.98. The second kappa shape index (κ2) is 6.74. The van der Waals surface area contributed by atoms with Gasteiger partial charge in [0.25, 0.3) is 5.91 Å². The number of carbonyl (C=O) groups is 1. The van der Waals surface area contributed by atoms with Gasteiger partial charge < -0.3 is 0 Å². The number of rotatable bonds is 3. The van der Waals surface area contributed by atoms with E-state index in [-0.39, 0.29) is 18.3 Å². The molecule has 1 aromatic heterocycles. The summed E-state index contributed by atoms with van der Waals surface area (Å²) in [4.78, 5) is 13.6. The third-order valence-electron chi connectivity index (χ3n) is 2.96. The average Bonchev–Trinajstić information content (AvgIpc) is 2.91. The van der Waals surface area contributed by atoms with Crippen LogP contribution >= 0.6 is 24.2 Å². The van der Waals surface area contributed by atoms with Crippen LogP contribution in [0, 0.1) is 0 Å². The normalized spacial score (nSPS) is 10.3. The van der Waals surface area contributed by atoms with Gasteiger partial charge in [0, 0.05) is 4.90 Å². The quantitative estimate of drug-likeness (QED) is 0.691. The lowest BCUT2D eigenvalue weighted by atomic mass is 10.2. The van der Waals surface area contributed by atoms with E-state index in [1.165, 1.54) is 4.68 Å². The Labute approximate surface area is 132 Å². The SMILES string of the molecule is CCSc1ccccc1C(=O)n1nnc2ccccc21.Cl. The van der Waals surface area contributed by atoms with Gasteiger partial charge in [0.15, 0.2) is 0 Å². The molecule has 0 aliphatic heterocycles. The lowest BCUT2D eigenvalue weighted by molar-refractivity contribution is 0.0945. The largest absolute Gasteiger partial charge is 0.281 e. The molecule has 0 radical (unpaired) electrons. The van der Waals surface area contributed by atoms with Gasteiger partial charge >= 0.3 is 0 Å². The predicted octanol–water partition coefficient (Wildman–Crippen LogP) is 3.65. The Morgan fingerprint density at radius 1 is 1.14 bits per heavy atom. The highest BCUT2D eigenvalue weighted by atomic mass is 35.5. The highest BCUT2D eigenvalue weighted by Gasteiger charge is 2.16. The smallest absolute Gasteiger partial charge is 0.267 e. The lowest BCUT2D eigenvalue weighted by Crippen LogP contribution is -2.14. The summed E-state index contributed by atoms with van der Waals surface area (Å²) in [6.07, 6.45) is 0. The van der Waals surface area contributed by atoms with Crippen LogP contribution in [0.4, 0.5) is 0 Å². The van der Waals surface area contributed by atoms with Crippen LogP contribution in [0.1, 0.15) is 17.3 Å². The van der Waals surface area contributed by atoms with Crippen molar-refractivity contribution in [1.82, 2.24) is 15.0 Å². The fraction of sp³-hybridized carbons (Fsp3) is 0.133. The number of aromatic nitrogens is 3. The number of hydrogen-bond acceptors (Lipinski definition) is 4. The Bertz CT molecular complexity index is 772. The Hall–Kier alpha value is -1.85. The van der Waals surface area contributed by atoms with Gasteiger partial charge in [0.1, 0.15) is 5.52 Å². The van der Waals surface area contributed by atoms with Gasteiger partial charge in [-0.3, -0.25) is 4.79 Å². The molecule has 0 unspecified atom stereocenters. The number of hydrogen-bond donors (Lipinski definition) is 0. The van der Waals surface area contributed by atoms with E-state index in [0.29, 0.717) is 5.56 Å². The molecule has 0 bridgehead atoms. The van der Waals surface area contributed by atoms with E-state index < -0.39 is 0 Å². The van der Waals surface area contributed by atoms with Gasteiger partial charge in [-0.1, -0.05) is 36.4 Å². The zero-order valence-corrected chi connectivity index (χ0v) is 13.0. The number of benzene rings is 2. The van der Waals surface area contributed by atoms with Gasteiger partial charge in [-0.05, 0) is 30.0 Å². The maximum absolute atomic E-state index is 12.7. The summed E-state index contributed by atoms with van der Waals surface area (Å²) >= 11 is 1.65. The van der Waals surface area contributed by atoms with Crippen molar-refractivity contribution >= 4 is 41.1 Å². The van der Waals surface area contributed by atoms with Crippen molar-refractivity contribution in [3.8, 4) is 0 Å². The third-order valence-corrected chi connectivity index (χ3v) is 3.92. The van der Waals surface area contributed by atoms with E-state index in [1.807, 2.05) is 48.5 Å². The molecular weight excluding hydrogens is 306 g/mol. The van der Waals surface area contributed by atoms with E-state index in [1.54, 1.807) is 11.8 Å². The monoisotopic (exact) mass is 319 g/mol. The van der Waals surface area contributed by atoms with Crippen molar-refractivity contribution in [1.29, 1.82) is 0 Å². The molecule has 3 rings (SSSR count). The van der Waals surface area contributed by atoms with E-state index in [2.05, 4.69) is 17.2 Å². The summed E-state index contributed by atoms with van der Waals surface area (Å²) in [5.74, 6) is 0.776. The molecule has 108 valence electrons. The third kappa shape index (κ3) is 2.94. The molecule has 0 fully saturated rings. The fourth-order valence-electron chi connectivity index (χ4n) is 2.06. The highest BCUT2D eigenvalue weighted by molar-refractivity contribution is 7.99. The minimum Gasteiger partial charge on any atom is -0.267 e. The van der Waals surface area contributed by atoms with Crippen LogP contribution in [0.15, 0.2) is 53.4 Å². The van der Waals surface area contributed by atoms with Crippen LogP contribution in [-0.4, -0.2) is 26.7 Å².